The number of rotatable bonds is 5. The lowest BCUT2D eigenvalue weighted by Crippen LogP contribution is -2.05. The molecule has 1 rings (SSSR count). The molecule has 0 fully saturated rings. The first-order valence-corrected chi connectivity index (χ1v) is 3.98. The lowest BCUT2D eigenvalue weighted by molar-refractivity contribution is 0.143. The van der Waals surface area contributed by atoms with Crippen molar-refractivity contribution in [3.63, 3.8) is 0 Å². The van der Waals surface area contributed by atoms with Gasteiger partial charge >= 0.3 is 0 Å². The fraction of sp³-hybridized carbons (Fsp3) is 0.444. The second-order valence-corrected chi connectivity index (χ2v) is 2.38. The third-order valence-corrected chi connectivity index (χ3v) is 1.48. The van der Waals surface area contributed by atoms with Crippen molar-refractivity contribution < 1.29 is 14.2 Å². The molecule has 0 N–H and O–H groups in total. The Morgan fingerprint density at radius 2 is 2.15 bits per heavy atom. The van der Waals surface area contributed by atoms with Crippen LogP contribution in [0.5, 0.6) is 11.6 Å². The molecule has 4 nitrogen and oxygen atoms in total. The van der Waals surface area contributed by atoms with Gasteiger partial charge in [-0.2, -0.15) is 0 Å². The Balaban J connectivity index is 2.46. The summed E-state index contributed by atoms with van der Waals surface area (Å²) in [5.74, 6) is 1.29. The maximum absolute atomic E-state index is 5.27. The van der Waals surface area contributed by atoms with Gasteiger partial charge in [-0.05, 0) is 6.07 Å². The minimum atomic E-state index is 0.497. The Kier molecular flexibility index (Phi) is 4.05. The molecule has 72 valence electrons. The molecular formula is C9H13NO3. The van der Waals surface area contributed by atoms with Crippen LogP contribution in [0.1, 0.15) is 0 Å². The number of hydrogen-bond acceptors (Lipinski definition) is 4. The molecule has 13 heavy (non-hydrogen) atoms. The van der Waals surface area contributed by atoms with Gasteiger partial charge < -0.3 is 14.2 Å². The first-order chi connectivity index (χ1) is 6.36. The molecular weight excluding hydrogens is 170 g/mol. The predicted octanol–water partition coefficient (Wildman–Crippen LogP) is 1.12. The van der Waals surface area contributed by atoms with Gasteiger partial charge in [0.05, 0.1) is 13.7 Å². The van der Waals surface area contributed by atoms with Crippen LogP contribution >= 0.6 is 0 Å². The van der Waals surface area contributed by atoms with Gasteiger partial charge in [0, 0.05) is 19.4 Å². The van der Waals surface area contributed by atoms with Crippen LogP contribution in [0.25, 0.3) is 0 Å². The summed E-state index contributed by atoms with van der Waals surface area (Å²) in [4.78, 5) is 4.00. The van der Waals surface area contributed by atoms with E-state index in [4.69, 9.17) is 14.2 Å². The van der Waals surface area contributed by atoms with Gasteiger partial charge in [0.2, 0.25) is 5.88 Å². The summed E-state index contributed by atoms with van der Waals surface area (Å²) in [6, 6.07) is 3.50. The van der Waals surface area contributed by atoms with Crippen LogP contribution in [-0.2, 0) is 4.74 Å². The number of nitrogens with zero attached hydrogens (tertiary/aromatic N) is 1. The molecule has 1 aromatic rings. The van der Waals surface area contributed by atoms with E-state index in [-0.39, 0.29) is 0 Å². The first kappa shape index (κ1) is 9.80. The van der Waals surface area contributed by atoms with E-state index in [2.05, 4.69) is 4.98 Å². The van der Waals surface area contributed by atoms with E-state index in [1.807, 2.05) is 0 Å². The Morgan fingerprint density at radius 3 is 2.85 bits per heavy atom. The van der Waals surface area contributed by atoms with Crippen LogP contribution in [0, 0.1) is 0 Å². The zero-order valence-electron chi connectivity index (χ0n) is 7.82. The van der Waals surface area contributed by atoms with E-state index in [0.29, 0.717) is 19.1 Å². The Labute approximate surface area is 77.5 Å². The standard InChI is InChI=1S/C9H13NO3/c1-11-5-6-13-9-7-8(12-2)3-4-10-9/h3-4,7H,5-6H2,1-2H3. The molecule has 0 saturated carbocycles. The highest BCUT2D eigenvalue weighted by Crippen LogP contribution is 2.15. The van der Waals surface area contributed by atoms with E-state index in [1.54, 1.807) is 32.5 Å². The highest BCUT2D eigenvalue weighted by atomic mass is 16.5. The number of hydrogen-bond donors (Lipinski definition) is 0. The lowest BCUT2D eigenvalue weighted by atomic mass is 10.4. The quantitative estimate of drug-likeness (QED) is 0.641. The molecule has 0 aliphatic rings. The van der Waals surface area contributed by atoms with Crippen LogP contribution in [0.3, 0.4) is 0 Å². The van der Waals surface area contributed by atoms with Crippen molar-refractivity contribution in [2.75, 3.05) is 27.4 Å². The highest BCUT2D eigenvalue weighted by Gasteiger charge is 1.96. The molecule has 4 heteroatoms. The fourth-order valence-corrected chi connectivity index (χ4v) is 0.827. The number of aromatic nitrogens is 1. The van der Waals surface area contributed by atoms with Gasteiger partial charge in [-0.15, -0.1) is 0 Å². The summed E-state index contributed by atoms with van der Waals surface area (Å²) in [5.41, 5.74) is 0. The third kappa shape index (κ3) is 3.29. The highest BCUT2D eigenvalue weighted by molar-refractivity contribution is 5.25. The molecule has 0 aliphatic heterocycles. The fourth-order valence-electron chi connectivity index (χ4n) is 0.827. The van der Waals surface area contributed by atoms with Crippen LogP contribution in [0.15, 0.2) is 18.3 Å². The van der Waals surface area contributed by atoms with E-state index in [1.165, 1.54) is 0 Å². The monoisotopic (exact) mass is 183 g/mol. The van der Waals surface area contributed by atoms with Crippen molar-refractivity contribution in [3.05, 3.63) is 18.3 Å². The molecule has 0 spiro atoms. The molecule has 0 unspecified atom stereocenters. The molecule has 1 aromatic heterocycles. The van der Waals surface area contributed by atoms with Crippen molar-refractivity contribution in [1.29, 1.82) is 0 Å². The molecule has 1 heterocycles. The number of ether oxygens (including phenoxy) is 3. The van der Waals surface area contributed by atoms with Gasteiger partial charge in [0.1, 0.15) is 12.4 Å². The van der Waals surface area contributed by atoms with Gasteiger partial charge in [0.25, 0.3) is 0 Å². The molecule has 0 saturated heterocycles. The van der Waals surface area contributed by atoms with Gasteiger partial charge in [-0.1, -0.05) is 0 Å². The van der Waals surface area contributed by atoms with Crippen LogP contribution in [0.2, 0.25) is 0 Å². The third-order valence-electron chi connectivity index (χ3n) is 1.48. The van der Waals surface area contributed by atoms with Gasteiger partial charge in [-0.3, -0.25) is 0 Å². The first-order valence-electron chi connectivity index (χ1n) is 3.98. The SMILES string of the molecule is COCCOc1cc(OC)ccn1. The molecule has 0 bridgehead atoms. The van der Waals surface area contributed by atoms with E-state index in [0.717, 1.165) is 5.75 Å². The summed E-state index contributed by atoms with van der Waals surface area (Å²) in [6.07, 6.45) is 1.64. The molecule has 0 radical (unpaired) electrons. The normalized spacial score (nSPS) is 9.69. The molecule has 0 amide bonds. The maximum Gasteiger partial charge on any atom is 0.217 e. The smallest absolute Gasteiger partial charge is 0.217 e. The Bertz CT molecular complexity index is 252. The summed E-state index contributed by atoms with van der Waals surface area (Å²) in [7, 11) is 3.23. The van der Waals surface area contributed by atoms with Crippen molar-refractivity contribution in [2.24, 2.45) is 0 Å². The zero-order chi connectivity index (χ0) is 9.52. The van der Waals surface area contributed by atoms with E-state index >= 15 is 0 Å². The average Bonchev–Trinajstić information content (AvgIpc) is 2.19. The van der Waals surface area contributed by atoms with Crippen LogP contribution in [-0.4, -0.2) is 32.4 Å². The Morgan fingerprint density at radius 1 is 1.31 bits per heavy atom. The summed E-state index contributed by atoms with van der Waals surface area (Å²) < 4.78 is 15.1. The van der Waals surface area contributed by atoms with Crippen LogP contribution in [0.4, 0.5) is 0 Å². The molecule has 0 aliphatic carbocycles. The zero-order valence-corrected chi connectivity index (χ0v) is 7.82. The maximum atomic E-state index is 5.27. The van der Waals surface area contributed by atoms with Crippen molar-refractivity contribution in [3.8, 4) is 11.6 Å². The number of pyridine rings is 1. The minimum Gasteiger partial charge on any atom is -0.497 e. The number of methoxy groups -OCH3 is 2. The van der Waals surface area contributed by atoms with Crippen LogP contribution < -0.4 is 9.47 Å². The Hall–Kier alpha value is -1.29. The predicted molar refractivity (Wildman–Crippen MR) is 48.2 cm³/mol. The largest absolute Gasteiger partial charge is 0.497 e. The molecule has 0 atom stereocenters. The minimum absolute atomic E-state index is 0.497. The summed E-state index contributed by atoms with van der Waals surface area (Å²) in [5, 5.41) is 0. The van der Waals surface area contributed by atoms with E-state index < -0.39 is 0 Å². The van der Waals surface area contributed by atoms with Crippen molar-refractivity contribution in [1.82, 2.24) is 4.98 Å². The molecule has 0 aromatic carbocycles. The summed E-state index contributed by atoms with van der Waals surface area (Å²) in [6.45, 7) is 1.05. The van der Waals surface area contributed by atoms with Gasteiger partial charge in [0.15, 0.2) is 0 Å². The van der Waals surface area contributed by atoms with Crippen molar-refractivity contribution >= 4 is 0 Å². The summed E-state index contributed by atoms with van der Waals surface area (Å²) >= 11 is 0. The second kappa shape index (κ2) is 5.37. The van der Waals surface area contributed by atoms with Crippen molar-refractivity contribution in [2.45, 2.75) is 0 Å². The average molecular weight is 183 g/mol. The van der Waals surface area contributed by atoms with E-state index in [9.17, 15) is 0 Å². The lowest BCUT2D eigenvalue weighted by Gasteiger charge is -2.05. The second-order valence-electron chi connectivity index (χ2n) is 2.38. The van der Waals surface area contributed by atoms with Gasteiger partial charge in [-0.25, -0.2) is 4.98 Å². The topological polar surface area (TPSA) is 40.6 Å².